The second kappa shape index (κ2) is 6.86. The van der Waals surface area contributed by atoms with Gasteiger partial charge in [0, 0.05) is 42.7 Å². The maximum atomic E-state index is 12.7. The number of rotatable bonds is 4. The van der Waals surface area contributed by atoms with Crippen LogP contribution >= 0.6 is 11.8 Å². The average Bonchev–Trinajstić information content (AvgIpc) is 3.21. The summed E-state index contributed by atoms with van der Waals surface area (Å²) in [6, 6.07) is 8.35. The zero-order valence-corrected chi connectivity index (χ0v) is 14.5. The molecule has 1 aromatic rings. The van der Waals surface area contributed by atoms with Crippen LogP contribution in [0.5, 0.6) is 0 Å². The van der Waals surface area contributed by atoms with Crippen LogP contribution in [0, 0.1) is 17.8 Å². The lowest BCUT2D eigenvalue weighted by Crippen LogP contribution is -2.32. The number of para-hydroxylation sites is 1. The van der Waals surface area contributed by atoms with Gasteiger partial charge in [0.2, 0.25) is 5.91 Å². The topological polar surface area (TPSA) is 32.3 Å². The highest BCUT2D eigenvalue weighted by atomic mass is 32.2. The first-order valence-corrected chi connectivity index (χ1v) is 10.1. The molecule has 2 bridgehead atoms. The molecule has 1 saturated heterocycles. The highest BCUT2D eigenvalue weighted by Crippen LogP contribution is 2.48. The van der Waals surface area contributed by atoms with Gasteiger partial charge in [-0.25, -0.2) is 0 Å². The first kappa shape index (κ1) is 15.5. The number of carbonyl (C=O) groups is 1. The third-order valence-electron chi connectivity index (χ3n) is 5.85. The Balaban J connectivity index is 1.43. The maximum absolute atomic E-state index is 12.7. The van der Waals surface area contributed by atoms with Crippen LogP contribution in [-0.2, 0) is 11.3 Å². The van der Waals surface area contributed by atoms with Crippen LogP contribution in [0.2, 0.25) is 0 Å². The van der Waals surface area contributed by atoms with Gasteiger partial charge in [0.15, 0.2) is 0 Å². The molecule has 3 unspecified atom stereocenters. The van der Waals surface area contributed by atoms with Gasteiger partial charge in [-0.2, -0.15) is 11.8 Å². The van der Waals surface area contributed by atoms with E-state index >= 15 is 0 Å². The Hall–Kier alpha value is -1.00. The van der Waals surface area contributed by atoms with Gasteiger partial charge in [0.05, 0.1) is 0 Å². The number of fused-ring (bicyclic) bond motifs is 2. The predicted octanol–water partition coefficient (Wildman–Crippen LogP) is 3.61. The molecule has 0 aromatic heterocycles. The molecule has 4 rings (SSSR count). The van der Waals surface area contributed by atoms with E-state index in [2.05, 4.69) is 28.4 Å². The average molecular weight is 330 g/mol. The lowest BCUT2D eigenvalue weighted by Gasteiger charge is -2.27. The van der Waals surface area contributed by atoms with Crippen molar-refractivity contribution in [3.63, 3.8) is 0 Å². The molecule has 3 atom stereocenters. The molecule has 3 nitrogen and oxygen atoms in total. The van der Waals surface area contributed by atoms with Crippen molar-refractivity contribution >= 4 is 23.4 Å². The Kier molecular flexibility index (Phi) is 4.63. The van der Waals surface area contributed by atoms with Crippen molar-refractivity contribution in [3.05, 3.63) is 29.8 Å². The second-order valence-electron chi connectivity index (χ2n) is 7.32. The summed E-state index contributed by atoms with van der Waals surface area (Å²) in [5.74, 6) is 4.43. The Morgan fingerprint density at radius 3 is 2.74 bits per heavy atom. The van der Waals surface area contributed by atoms with E-state index in [4.69, 9.17) is 0 Å². The van der Waals surface area contributed by atoms with Gasteiger partial charge in [-0.05, 0) is 42.7 Å². The number of hydrogen-bond acceptors (Lipinski definition) is 3. The van der Waals surface area contributed by atoms with Gasteiger partial charge >= 0.3 is 0 Å². The molecule has 0 radical (unpaired) electrons. The Bertz CT molecular complexity index is 570. The summed E-state index contributed by atoms with van der Waals surface area (Å²) < 4.78 is 0. The molecule has 2 saturated carbocycles. The highest BCUT2D eigenvalue weighted by Gasteiger charge is 2.43. The van der Waals surface area contributed by atoms with Gasteiger partial charge < -0.3 is 5.32 Å². The number of anilines is 1. The maximum Gasteiger partial charge on any atom is 0.227 e. The van der Waals surface area contributed by atoms with E-state index in [9.17, 15) is 4.79 Å². The lowest BCUT2D eigenvalue weighted by atomic mass is 9.88. The molecule has 124 valence electrons. The minimum Gasteiger partial charge on any atom is -0.326 e. The predicted molar refractivity (Wildman–Crippen MR) is 96.6 cm³/mol. The minimum atomic E-state index is 0.258. The summed E-state index contributed by atoms with van der Waals surface area (Å²) in [5, 5.41) is 3.26. The van der Waals surface area contributed by atoms with Gasteiger partial charge in [-0.1, -0.05) is 24.6 Å². The Morgan fingerprint density at radius 1 is 1.17 bits per heavy atom. The largest absolute Gasteiger partial charge is 0.326 e. The number of nitrogens with zero attached hydrogens (tertiary/aromatic N) is 1. The summed E-state index contributed by atoms with van der Waals surface area (Å²) in [6.07, 6.45) is 5.00. The number of carbonyl (C=O) groups excluding carboxylic acids is 1. The summed E-state index contributed by atoms with van der Waals surface area (Å²) >= 11 is 2.04. The van der Waals surface area contributed by atoms with Crippen LogP contribution in [0.4, 0.5) is 5.69 Å². The number of hydrogen-bond donors (Lipinski definition) is 1. The molecule has 2 aliphatic carbocycles. The van der Waals surface area contributed by atoms with Crippen molar-refractivity contribution < 1.29 is 4.79 Å². The van der Waals surface area contributed by atoms with E-state index in [0.29, 0.717) is 5.92 Å². The molecule has 1 aromatic carbocycles. The molecule has 23 heavy (non-hydrogen) atoms. The number of amides is 1. The summed E-state index contributed by atoms with van der Waals surface area (Å²) in [5.41, 5.74) is 2.29. The molecule has 3 aliphatic rings. The quantitative estimate of drug-likeness (QED) is 0.915. The van der Waals surface area contributed by atoms with Gasteiger partial charge in [0.1, 0.15) is 0 Å². The fourth-order valence-electron chi connectivity index (χ4n) is 4.57. The normalized spacial score (nSPS) is 30.5. The molecular weight excluding hydrogens is 304 g/mol. The Labute approximate surface area is 143 Å². The summed E-state index contributed by atoms with van der Waals surface area (Å²) in [4.78, 5) is 15.2. The number of nitrogens with one attached hydrogen (secondary N) is 1. The molecular formula is C19H26N2OS. The smallest absolute Gasteiger partial charge is 0.227 e. The van der Waals surface area contributed by atoms with Gasteiger partial charge in [-0.3, -0.25) is 9.69 Å². The fraction of sp³-hybridized carbons (Fsp3) is 0.632. The molecule has 1 aliphatic heterocycles. The molecule has 3 fully saturated rings. The van der Waals surface area contributed by atoms with E-state index < -0.39 is 0 Å². The zero-order chi connectivity index (χ0) is 15.6. The zero-order valence-electron chi connectivity index (χ0n) is 13.7. The van der Waals surface area contributed by atoms with Crippen molar-refractivity contribution in [1.29, 1.82) is 0 Å². The van der Waals surface area contributed by atoms with E-state index in [1.54, 1.807) is 0 Å². The van der Waals surface area contributed by atoms with Crippen molar-refractivity contribution in [2.75, 3.05) is 29.9 Å². The Morgan fingerprint density at radius 2 is 2.00 bits per heavy atom. The molecule has 1 amide bonds. The summed E-state index contributed by atoms with van der Waals surface area (Å²) in [6.45, 7) is 3.26. The van der Waals surface area contributed by atoms with Crippen LogP contribution in [0.1, 0.15) is 31.2 Å². The number of benzene rings is 1. The van der Waals surface area contributed by atoms with Crippen molar-refractivity contribution in [3.8, 4) is 0 Å². The van der Waals surface area contributed by atoms with Crippen LogP contribution in [-0.4, -0.2) is 35.4 Å². The van der Waals surface area contributed by atoms with Gasteiger partial charge in [-0.15, -0.1) is 0 Å². The lowest BCUT2D eigenvalue weighted by molar-refractivity contribution is -0.121. The first-order chi connectivity index (χ1) is 11.3. The van der Waals surface area contributed by atoms with E-state index in [1.165, 1.54) is 36.3 Å². The molecule has 1 heterocycles. The molecule has 0 spiro atoms. The van der Waals surface area contributed by atoms with Crippen molar-refractivity contribution in [1.82, 2.24) is 4.90 Å². The van der Waals surface area contributed by atoms with Crippen LogP contribution < -0.4 is 5.32 Å². The monoisotopic (exact) mass is 330 g/mol. The SMILES string of the molecule is O=C(Nc1ccccc1CN1CCSCC1)C1CC2CCC1C2. The van der Waals surface area contributed by atoms with Gasteiger partial charge in [0.25, 0.3) is 0 Å². The van der Waals surface area contributed by atoms with Crippen LogP contribution in [0.25, 0.3) is 0 Å². The van der Waals surface area contributed by atoms with Crippen LogP contribution in [0.15, 0.2) is 24.3 Å². The third-order valence-corrected chi connectivity index (χ3v) is 6.79. The van der Waals surface area contributed by atoms with Crippen molar-refractivity contribution in [2.24, 2.45) is 17.8 Å². The number of thioether (sulfide) groups is 1. The molecule has 1 N–H and O–H groups in total. The molecule has 4 heteroatoms. The third kappa shape index (κ3) is 3.43. The van der Waals surface area contributed by atoms with Crippen molar-refractivity contribution in [2.45, 2.75) is 32.2 Å². The first-order valence-electron chi connectivity index (χ1n) is 8.98. The minimum absolute atomic E-state index is 0.258. The van der Waals surface area contributed by atoms with E-state index in [0.717, 1.165) is 37.7 Å². The van der Waals surface area contributed by atoms with Crippen LogP contribution in [0.3, 0.4) is 0 Å². The van der Waals surface area contributed by atoms with E-state index in [1.807, 2.05) is 17.8 Å². The second-order valence-corrected chi connectivity index (χ2v) is 8.54. The van der Waals surface area contributed by atoms with E-state index in [-0.39, 0.29) is 11.8 Å². The summed E-state index contributed by atoms with van der Waals surface area (Å²) in [7, 11) is 0. The standard InChI is InChI=1S/C19H26N2OS/c22-19(17-12-14-5-6-15(17)11-14)20-18-4-2-1-3-16(18)13-21-7-9-23-10-8-21/h1-4,14-15,17H,5-13H2,(H,20,22). The fourth-order valence-corrected chi connectivity index (χ4v) is 5.55. The highest BCUT2D eigenvalue weighted by molar-refractivity contribution is 7.99.